The fourth-order valence-corrected chi connectivity index (χ4v) is 14.5. The Morgan fingerprint density at radius 2 is 0.558 bits per heavy atom. The third kappa shape index (κ3) is 5.63. The highest BCUT2D eigenvalue weighted by atomic mass is 15.0. The molecule has 0 unspecified atom stereocenters. The van der Waals surface area contributed by atoms with Gasteiger partial charge in [0, 0.05) is 44.0 Å². The molecule has 0 amide bonds. The summed E-state index contributed by atoms with van der Waals surface area (Å²) in [6, 6.07) is 105. The molecule has 17 rings (SSSR count). The first-order chi connectivity index (χ1) is 38.3. The maximum Gasteiger partial charge on any atom is 0.0731 e. The van der Waals surface area contributed by atoms with Crippen LogP contribution in [0.5, 0.6) is 0 Å². The Bertz CT molecular complexity index is 4700. The second-order valence-electron chi connectivity index (χ2n) is 20.9. The SMILES string of the molecule is c1ccc(-n2c3ccccc3c3cccc(-c4cccc5c(-c6cccc7c6C6(c8ccccc8-c8ccccc86)c6ccccc6-7)c6cccc(-c7cccc8c9ccccc9n(-c9ccccc9)c78)c6cc45)c32)cc1. The summed E-state index contributed by atoms with van der Waals surface area (Å²) < 4.78 is 4.96. The third-order valence-electron chi connectivity index (χ3n) is 17.3. The number of hydrogen-bond donors (Lipinski definition) is 0. The average Bonchev–Trinajstić information content (AvgIpc) is 4.34. The Morgan fingerprint density at radius 3 is 1.05 bits per heavy atom. The monoisotopic (exact) mass is 974 g/mol. The molecule has 2 nitrogen and oxygen atoms in total. The largest absolute Gasteiger partial charge is 0.309 e. The molecule has 356 valence electrons. The summed E-state index contributed by atoms with van der Waals surface area (Å²) in [6.07, 6.45) is 0. The van der Waals surface area contributed by atoms with E-state index in [0.717, 1.165) is 11.4 Å². The minimum absolute atomic E-state index is 0.552. The summed E-state index contributed by atoms with van der Waals surface area (Å²) in [4.78, 5) is 0. The van der Waals surface area contributed by atoms with Crippen LogP contribution in [-0.4, -0.2) is 9.13 Å². The zero-order chi connectivity index (χ0) is 50.3. The Balaban J connectivity index is 1.05. The Kier molecular flexibility index (Phi) is 8.80. The molecule has 15 aromatic rings. The van der Waals surface area contributed by atoms with Crippen LogP contribution in [0, 0.1) is 0 Å². The van der Waals surface area contributed by atoms with E-state index in [4.69, 9.17) is 0 Å². The molecule has 2 heteroatoms. The second-order valence-corrected chi connectivity index (χ2v) is 20.9. The molecule has 0 saturated heterocycles. The van der Waals surface area contributed by atoms with Crippen molar-refractivity contribution in [2.75, 3.05) is 0 Å². The minimum atomic E-state index is -0.552. The number of hydrogen-bond acceptors (Lipinski definition) is 0. The van der Waals surface area contributed by atoms with Crippen molar-refractivity contribution in [3.63, 3.8) is 0 Å². The molecule has 2 aliphatic rings. The fourth-order valence-electron chi connectivity index (χ4n) is 14.5. The van der Waals surface area contributed by atoms with Gasteiger partial charge in [0.25, 0.3) is 0 Å². The van der Waals surface area contributed by atoms with Crippen molar-refractivity contribution in [2.24, 2.45) is 0 Å². The summed E-state index contributed by atoms with van der Waals surface area (Å²) in [5.41, 5.74) is 24.4. The smallest absolute Gasteiger partial charge is 0.0731 e. The summed E-state index contributed by atoms with van der Waals surface area (Å²) in [5.74, 6) is 0. The molecule has 0 aliphatic heterocycles. The van der Waals surface area contributed by atoms with Gasteiger partial charge in [0.1, 0.15) is 0 Å². The summed E-state index contributed by atoms with van der Waals surface area (Å²) in [5, 5.41) is 9.83. The maximum atomic E-state index is 2.54. The number of fused-ring (bicyclic) bond motifs is 18. The van der Waals surface area contributed by atoms with Gasteiger partial charge >= 0.3 is 0 Å². The van der Waals surface area contributed by atoms with Crippen LogP contribution in [0.25, 0.3) is 132 Å². The van der Waals surface area contributed by atoms with Gasteiger partial charge in [-0.3, -0.25) is 0 Å². The van der Waals surface area contributed by atoms with Gasteiger partial charge < -0.3 is 9.13 Å². The van der Waals surface area contributed by atoms with Gasteiger partial charge in [0.05, 0.1) is 27.5 Å². The van der Waals surface area contributed by atoms with Gasteiger partial charge in [0.15, 0.2) is 0 Å². The quantitative estimate of drug-likeness (QED) is 0.152. The molecule has 0 radical (unpaired) electrons. The van der Waals surface area contributed by atoms with Crippen LogP contribution in [0.15, 0.2) is 279 Å². The normalized spacial score (nSPS) is 13.0. The van der Waals surface area contributed by atoms with E-state index in [1.807, 2.05) is 0 Å². The minimum Gasteiger partial charge on any atom is -0.309 e. The summed E-state index contributed by atoms with van der Waals surface area (Å²) in [6.45, 7) is 0. The number of nitrogens with zero attached hydrogens (tertiary/aromatic N) is 2. The van der Waals surface area contributed by atoms with Crippen molar-refractivity contribution in [3.05, 3.63) is 301 Å². The first kappa shape index (κ1) is 42.3. The first-order valence-corrected chi connectivity index (χ1v) is 26.8. The second kappa shape index (κ2) is 16.0. The highest BCUT2D eigenvalue weighted by molar-refractivity contribution is 6.24. The number of aromatic nitrogens is 2. The lowest BCUT2D eigenvalue weighted by Crippen LogP contribution is -2.26. The molecule has 1 spiro atoms. The van der Waals surface area contributed by atoms with Crippen molar-refractivity contribution < 1.29 is 0 Å². The van der Waals surface area contributed by atoms with Gasteiger partial charge in [-0.25, -0.2) is 0 Å². The lowest BCUT2D eigenvalue weighted by atomic mass is 9.68. The van der Waals surface area contributed by atoms with Gasteiger partial charge in [-0.05, 0) is 131 Å². The first-order valence-electron chi connectivity index (χ1n) is 26.8. The predicted octanol–water partition coefficient (Wildman–Crippen LogP) is 19.5. The molecule has 2 heterocycles. The molecule has 0 bridgehead atoms. The number of para-hydroxylation sites is 6. The molecule has 77 heavy (non-hydrogen) atoms. The number of benzene rings is 13. The lowest BCUT2D eigenvalue weighted by molar-refractivity contribution is 0.796. The van der Waals surface area contributed by atoms with Crippen LogP contribution in [0.2, 0.25) is 0 Å². The summed E-state index contributed by atoms with van der Waals surface area (Å²) >= 11 is 0. The topological polar surface area (TPSA) is 9.86 Å². The molecule has 13 aromatic carbocycles. The molecule has 2 aliphatic carbocycles. The van der Waals surface area contributed by atoms with Crippen molar-refractivity contribution in [1.82, 2.24) is 9.13 Å². The van der Waals surface area contributed by atoms with E-state index in [-0.39, 0.29) is 0 Å². The third-order valence-corrected chi connectivity index (χ3v) is 17.3. The molecular formula is C75H46N2. The zero-order valence-electron chi connectivity index (χ0n) is 42.0. The van der Waals surface area contributed by atoms with E-state index in [1.54, 1.807) is 0 Å². The van der Waals surface area contributed by atoms with Crippen molar-refractivity contribution in [1.29, 1.82) is 0 Å². The van der Waals surface area contributed by atoms with Crippen LogP contribution in [0.1, 0.15) is 22.3 Å². The van der Waals surface area contributed by atoms with Gasteiger partial charge in [0.2, 0.25) is 0 Å². The maximum absolute atomic E-state index is 2.54. The van der Waals surface area contributed by atoms with Gasteiger partial charge in [-0.2, -0.15) is 0 Å². The molecular weight excluding hydrogens is 929 g/mol. The fraction of sp³-hybridized carbons (Fsp3) is 0.0133. The van der Waals surface area contributed by atoms with Gasteiger partial charge in [-0.1, -0.05) is 237 Å². The molecule has 2 aromatic heterocycles. The standard InChI is InChI=1S/C75H46N2/c1-3-22-47(23-4-1)76-69-44-15-10-29-54(69)61-38-20-36-59(73(61)76)49-31-17-33-56-64(49)46-65-50(60-37-21-39-62-55-30-11-16-45-70(55)77(74(60)62)48-24-5-2-6-25-48)32-18-34-57(65)71(56)63-40-19-35-58-53-28-9-14-43-68(53)75(72(58)63)66-41-12-7-26-51(66)52-27-8-13-42-67(52)75/h1-46H. The zero-order valence-corrected chi connectivity index (χ0v) is 42.0. The Labute approximate surface area is 445 Å². The van der Waals surface area contributed by atoms with Crippen LogP contribution in [-0.2, 0) is 5.41 Å². The van der Waals surface area contributed by atoms with E-state index >= 15 is 0 Å². The highest BCUT2D eigenvalue weighted by Gasteiger charge is 2.52. The van der Waals surface area contributed by atoms with E-state index in [0.29, 0.717) is 0 Å². The van der Waals surface area contributed by atoms with Crippen LogP contribution < -0.4 is 0 Å². The van der Waals surface area contributed by atoms with Gasteiger partial charge in [-0.15, -0.1) is 0 Å². The van der Waals surface area contributed by atoms with Crippen molar-refractivity contribution in [3.8, 4) is 67.0 Å². The Morgan fingerprint density at radius 1 is 0.221 bits per heavy atom. The van der Waals surface area contributed by atoms with E-state index < -0.39 is 5.41 Å². The molecule has 0 fully saturated rings. The Hall–Kier alpha value is -10.0. The van der Waals surface area contributed by atoms with E-state index in [9.17, 15) is 0 Å². The van der Waals surface area contributed by atoms with E-state index in [2.05, 4.69) is 288 Å². The van der Waals surface area contributed by atoms with Crippen LogP contribution in [0.4, 0.5) is 0 Å². The predicted molar refractivity (Wildman–Crippen MR) is 323 cm³/mol. The van der Waals surface area contributed by atoms with Crippen molar-refractivity contribution in [2.45, 2.75) is 5.41 Å². The molecule has 0 atom stereocenters. The average molecular weight is 975 g/mol. The molecule has 0 saturated carbocycles. The van der Waals surface area contributed by atoms with Crippen molar-refractivity contribution >= 4 is 65.2 Å². The highest BCUT2D eigenvalue weighted by Crippen LogP contribution is 2.65. The van der Waals surface area contributed by atoms with E-state index in [1.165, 1.54) is 143 Å². The molecule has 0 N–H and O–H groups in total. The summed E-state index contributed by atoms with van der Waals surface area (Å²) in [7, 11) is 0. The van der Waals surface area contributed by atoms with Crippen LogP contribution >= 0.6 is 0 Å². The van der Waals surface area contributed by atoms with Crippen LogP contribution in [0.3, 0.4) is 0 Å². The number of rotatable bonds is 5. The lowest BCUT2D eigenvalue weighted by Gasteiger charge is -2.32.